The number of ether oxygens (including phenoxy) is 2. The third kappa shape index (κ3) is 1.68. The molecule has 3 atom stereocenters. The van der Waals surface area contributed by atoms with Crippen LogP contribution in [0.1, 0.15) is 24.8 Å². The van der Waals surface area contributed by atoms with E-state index in [4.69, 9.17) is 9.47 Å². The molecule has 0 aliphatic carbocycles. The fourth-order valence-corrected chi connectivity index (χ4v) is 2.66. The minimum atomic E-state index is -0.482. The van der Waals surface area contributed by atoms with Gasteiger partial charge in [-0.1, -0.05) is 0 Å². The summed E-state index contributed by atoms with van der Waals surface area (Å²) in [5.41, 5.74) is -0.126. The first kappa shape index (κ1) is 11.8. The normalized spacial score (nSPS) is 34.8. The summed E-state index contributed by atoms with van der Waals surface area (Å²) in [6.45, 7) is 2.38. The van der Waals surface area contributed by atoms with Crippen LogP contribution in [0.4, 0.5) is 0 Å². The van der Waals surface area contributed by atoms with Gasteiger partial charge in [-0.2, -0.15) is 4.98 Å². The van der Waals surface area contributed by atoms with Gasteiger partial charge < -0.3 is 14.6 Å². The van der Waals surface area contributed by atoms with Crippen LogP contribution in [0, 0.1) is 6.92 Å². The van der Waals surface area contributed by atoms with Crippen molar-refractivity contribution >= 4 is 0 Å². The third-order valence-electron chi connectivity index (χ3n) is 3.68. The van der Waals surface area contributed by atoms with Gasteiger partial charge in [-0.15, -0.1) is 0 Å². The molecule has 18 heavy (non-hydrogen) atoms. The lowest BCUT2D eigenvalue weighted by Crippen LogP contribution is -2.50. The Bertz CT molecular complexity index is 509. The van der Waals surface area contributed by atoms with Crippen molar-refractivity contribution in [3.63, 3.8) is 0 Å². The molecule has 3 unspecified atom stereocenters. The Hall–Kier alpha value is -1.24. The number of aryl methyl sites for hydroxylation is 1. The van der Waals surface area contributed by atoms with Gasteiger partial charge in [-0.3, -0.25) is 4.57 Å². The molecular weight excluding hydrogens is 236 g/mol. The zero-order valence-electron chi connectivity index (χ0n) is 10.2. The second kappa shape index (κ2) is 4.15. The smallest absolute Gasteiger partial charge is 0.349 e. The molecule has 1 aromatic heterocycles. The largest absolute Gasteiger partial charge is 0.394 e. The summed E-state index contributed by atoms with van der Waals surface area (Å²) in [6, 6.07) is 1.77. The predicted molar refractivity (Wildman–Crippen MR) is 62.1 cm³/mol. The quantitative estimate of drug-likeness (QED) is 0.801. The summed E-state index contributed by atoms with van der Waals surface area (Å²) in [4.78, 5) is 15.8. The summed E-state index contributed by atoms with van der Waals surface area (Å²) in [5.74, 6) is 0. The minimum Gasteiger partial charge on any atom is -0.394 e. The van der Waals surface area contributed by atoms with Crippen molar-refractivity contribution < 1.29 is 14.6 Å². The van der Waals surface area contributed by atoms with Crippen molar-refractivity contribution in [3.8, 4) is 0 Å². The maximum absolute atomic E-state index is 11.9. The first-order valence-corrected chi connectivity index (χ1v) is 6.11. The average molecular weight is 252 g/mol. The van der Waals surface area contributed by atoms with E-state index in [1.165, 1.54) is 4.57 Å². The predicted octanol–water partition coefficient (Wildman–Crippen LogP) is -0.00938. The number of aromatic nitrogens is 2. The number of rotatable bonds is 2. The van der Waals surface area contributed by atoms with Gasteiger partial charge in [0.25, 0.3) is 0 Å². The molecule has 2 fully saturated rings. The molecule has 3 rings (SSSR count). The molecule has 0 saturated carbocycles. The highest BCUT2D eigenvalue weighted by Crippen LogP contribution is 2.47. The van der Waals surface area contributed by atoms with Crippen molar-refractivity contribution in [1.29, 1.82) is 0 Å². The van der Waals surface area contributed by atoms with Gasteiger partial charge in [0.05, 0.1) is 19.3 Å². The van der Waals surface area contributed by atoms with Crippen molar-refractivity contribution in [2.45, 2.75) is 37.7 Å². The molecule has 6 nitrogen and oxygen atoms in total. The molecule has 2 aliphatic heterocycles. The van der Waals surface area contributed by atoms with Crippen LogP contribution in [-0.2, 0) is 9.47 Å². The number of aliphatic hydroxyl groups excluding tert-OH is 1. The van der Waals surface area contributed by atoms with Crippen LogP contribution in [0.2, 0.25) is 0 Å². The molecule has 0 bridgehead atoms. The van der Waals surface area contributed by atoms with Gasteiger partial charge in [-0.25, -0.2) is 4.79 Å². The fourth-order valence-electron chi connectivity index (χ4n) is 2.66. The van der Waals surface area contributed by atoms with Gasteiger partial charge in [0.1, 0.15) is 5.60 Å². The zero-order valence-corrected chi connectivity index (χ0v) is 10.2. The molecular formula is C12H16N2O4. The van der Waals surface area contributed by atoms with Crippen molar-refractivity contribution in [2.75, 3.05) is 13.2 Å². The lowest BCUT2D eigenvalue weighted by molar-refractivity contribution is -0.201. The van der Waals surface area contributed by atoms with Crippen molar-refractivity contribution in [2.24, 2.45) is 0 Å². The summed E-state index contributed by atoms with van der Waals surface area (Å²) in [5, 5.41) is 9.21. The van der Waals surface area contributed by atoms with Crippen molar-refractivity contribution in [1.82, 2.24) is 9.55 Å². The van der Waals surface area contributed by atoms with Crippen LogP contribution >= 0.6 is 0 Å². The van der Waals surface area contributed by atoms with Crippen LogP contribution < -0.4 is 5.69 Å². The van der Waals surface area contributed by atoms with E-state index < -0.39 is 11.8 Å². The standard InChI is InChI=1S/C12H16N2O4/c1-8-2-4-14(11(16)13-8)10-12(3-5-17-12)6-9(7-15)18-10/h2,4,9-10,15H,3,5-7H2,1H3. The molecule has 1 N–H and O–H groups in total. The lowest BCUT2D eigenvalue weighted by Gasteiger charge is -2.42. The lowest BCUT2D eigenvalue weighted by atomic mass is 9.89. The Balaban J connectivity index is 1.97. The Labute approximate surface area is 104 Å². The van der Waals surface area contributed by atoms with Gasteiger partial charge in [-0.05, 0) is 13.0 Å². The summed E-state index contributed by atoms with van der Waals surface area (Å²) in [7, 11) is 0. The van der Waals surface area contributed by atoms with Gasteiger partial charge in [0, 0.05) is 24.7 Å². The van der Waals surface area contributed by atoms with E-state index in [2.05, 4.69) is 4.98 Å². The number of hydrogen-bond acceptors (Lipinski definition) is 5. The zero-order chi connectivity index (χ0) is 12.8. The SMILES string of the molecule is Cc1ccn(C2OC(CO)CC23CCO3)c(=O)n1. The first-order chi connectivity index (χ1) is 8.64. The van der Waals surface area contributed by atoms with E-state index in [9.17, 15) is 9.90 Å². The van der Waals surface area contributed by atoms with E-state index in [1.807, 2.05) is 0 Å². The highest BCUT2D eigenvalue weighted by molar-refractivity contribution is 5.04. The Morgan fingerprint density at radius 2 is 2.44 bits per heavy atom. The highest BCUT2D eigenvalue weighted by Gasteiger charge is 2.55. The summed E-state index contributed by atoms with van der Waals surface area (Å²) in [6.07, 6.45) is 2.38. The number of nitrogens with zero attached hydrogens (tertiary/aromatic N) is 2. The molecule has 2 aliphatic rings. The van der Waals surface area contributed by atoms with Gasteiger partial charge in [0.2, 0.25) is 0 Å². The van der Waals surface area contributed by atoms with Crippen molar-refractivity contribution in [3.05, 3.63) is 28.4 Å². The van der Waals surface area contributed by atoms with E-state index in [0.717, 1.165) is 6.42 Å². The van der Waals surface area contributed by atoms with E-state index in [-0.39, 0.29) is 18.4 Å². The fraction of sp³-hybridized carbons (Fsp3) is 0.667. The Morgan fingerprint density at radius 1 is 1.67 bits per heavy atom. The van der Waals surface area contributed by atoms with Crippen LogP contribution in [0.25, 0.3) is 0 Å². The monoisotopic (exact) mass is 252 g/mol. The molecule has 1 spiro atoms. The molecule has 6 heteroatoms. The van der Waals surface area contributed by atoms with Crippen LogP contribution in [-0.4, -0.2) is 39.6 Å². The average Bonchev–Trinajstić information content (AvgIpc) is 2.68. The van der Waals surface area contributed by atoms with E-state index in [0.29, 0.717) is 18.7 Å². The van der Waals surface area contributed by atoms with E-state index >= 15 is 0 Å². The minimum absolute atomic E-state index is 0.0599. The highest BCUT2D eigenvalue weighted by atomic mass is 16.6. The second-order valence-corrected chi connectivity index (χ2v) is 4.92. The number of hydrogen-bond donors (Lipinski definition) is 1. The molecule has 1 aromatic rings. The first-order valence-electron chi connectivity index (χ1n) is 6.11. The topological polar surface area (TPSA) is 73.6 Å². The van der Waals surface area contributed by atoms with Gasteiger partial charge >= 0.3 is 5.69 Å². The van der Waals surface area contributed by atoms with Crippen LogP contribution in [0.5, 0.6) is 0 Å². The number of aliphatic hydroxyl groups is 1. The Morgan fingerprint density at radius 3 is 3.00 bits per heavy atom. The van der Waals surface area contributed by atoms with Gasteiger partial charge in [0.15, 0.2) is 6.23 Å². The molecule has 3 heterocycles. The molecule has 0 amide bonds. The summed E-state index contributed by atoms with van der Waals surface area (Å²) >= 11 is 0. The maximum atomic E-state index is 11.9. The second-order valence-electron chi connectivity index (χ2n) is 4.92. The molecule has 0 radical (unpaired) electrons. The summed E-state index contributed by atoms with van der Waals surface area (Å²) < 4.78 is 12.8. The van der Waals surface area contributed by atoms with Crippen LogP contribution in [0.3, 0.4) is 0 Å². The Kier molecular flexibility index (Phi) is 2.73. The third-order valence-corrected chi connectivity index (χ3v) is 3.68. The molecule has 0 aromatic carbocycles. The molecule has 2 saturated heterocycles. The van der Waals surface area contributed by atoms with Crippen LogP contribution in [0.15, 0.2) is 17.1 Å². The molecule has 98 valence electrons. The maximum Gasteiger partial charge on any atom is 0.349 e. The van der Waals surface area contributed by atoms with E-state index in [1.54, 1.807) is 19.2 Å².